The number of aryl methyl sites for hydroxylation is 1. The van der Waals surface area contributed by atoms with Crippen LogP contribution in [0.25, 0.3) is 0 Å². The Balaban J connectivity index is 2.64. The van der Waals surface area contributed by atoms with Crippen LogP contribution in [0.5, 0.6) is 0 Å². The van der Waals surface area contributed by atoms with E-state index in [0.717, 1.165) is 18.5 Å². The molecule has 12 heavy (non-hydrogen) atoms. The summed E-state index contributed by atoms with van der Waals surface area (Å²) in [7, 11) is 0. The summed E-state index contributed by atoms with van der Waals surface area (Å²) in [5, 5.41) is 4.87. The van der Waals surface area contributed by atoms with Gasteiger partial charge in [-0.05, 0) is 6.42 Å². The minimum atomic E-state index is 0.714. The van der Waals surface area contributed by atoms with Crippen molar-refractivity contribution in [3.8, 4) is 11.8 Å². The number of alkyl halides is 1. The first kappa shape index (κ1) is 9.34. The predicted molar refractivity (Wildman–Crippen MR) is 53.2 cm³/mol. The van der Waals surface area contributed by atoms with Crippen LogP contribution < -0.4 is 0 Å². The van der Waals surface area contributed by atoms with Crippen LogP contribution in [0.15, 0.2) is 12.4 Å². The smallest absolute Gasteiger partial charge is 0.0649 e. The van der Waals surface area contributed by atoms with E-state index in [1.165, 1.54) is 0 Å². The van der Waals surface area contributed by atoms with Crippen molar-refractivity contribution in [2.75, 3.05) is 5.33 Å². The fraction of sp³-hybridized carbons (Fsp3) is 0.444. The number of rotatable bonds is 2. The molecule has 1 rings (SSSR count). The summed E-state index contributed by atoms with van der Waals surface area (Å²) in [6, 6.07) is 0. The SMILES string of the molecule is CCCn1cc(C#CCBr)cn1. The molecule has 0 saturated heterocycles. The highest BCUT2D eigenvalue weighted by atomic mass is 79.9. The summed E-state index contributed by atoms with van der Waals surface area (Å²) < 4.78 is 1.91. The second kappa shape index (κ2) is 5.00. The molecule has 0 radical (unpaired) electrons. The van der Waals surface area contributed by atoms with Crippen molar-refractivity contribution in [2.24, 2.45) is 0 Å². The van der Waals surface area contributed by atoms with Crippen LogP contribution in [0.4, 0.5) is 0 Å². The summed E-state index contributed by atoms with van der Waals surface area (Å²) in [6.07, 6.45) is 4.87. The van der Waals surface area contributed by atoms with Gasteiger partial charge in [0.2, 0.25) is 0 Å². The highest BCUT2D eigenvalue weighted by Crippen LogP contribution is 1.96. The third-order valence-corrected chi connectivity index (χ3v) is 1.67. The van der Waals surface area contributed by atoms with Crippen LogP contribution in [-0.2, 0) is 6.54 Å². The molecule has 1 aromatic heterocycles. The molecule has 0 N–H and O–H groups in total. The van der Waals surface area contributed by atoms with Gasteiger partial charge in [0.05, 0.1) is 17.1 Å². The fourth-order valence-electron chi connectivity index (χ4n) is 0.915. The number of hydrogen-bond donors (Lipinski definition) is 0. The minimum Gasteiger partial charge on any atom is -0.271 e. The summed E-state index contributed by atoms with van der Waals surface area (Å²) in [6.45, 7) is 3.10. The molecule has 1 heterocycles. The van der Waals surface area contributed by atoms with E-state index in [-0.39, 0.29) is 0 Å². The first-order chi connectivity index (χ1) is 5.86. The van der Waals surface area contributed by atoms with Crippen LogP contribution in [-0.4, -0.2) is 15.1 Å². The van der Waals surface area contributed by atoms with Crippen molar-refractivity contribution in [3.05, 3.63) is 18.0 Å². The second-order valence-electron chi connectivity index (χ2n) is 2.43. The Morgan fingerprint density at radius 2 is 2.50 bits per heavy atom. The maximum absolute atomic E-state index is 4.16. The molecule has 0 saturated carbocycles. The molecular weight excluding hydrogens is 216 g/mol. The summed E-state index contributed by atoms with van der Waals surface area (Å²) >= 11 is 3.24. The lowest BCUT2D eigenvalue weighted by atomic mass is 10.4. The molecule has 64 valence electrons. The van der Waals surface area contributed by atoms with Gasteiger partial charge in [-0.15, -0.1) is 0 Å². The molecule has 3 heteroatoms. The van der Waals surface area contributed by atoms with Crippen molar-refractivity contribution < 1.29 is 0 Å². The minimum absolute atomic E-state index is 0.714. The summed E-state index contributed by atoms with van der Waals surface area (Å²) in [5.74, 6) is 5.93. The lowest BCUT2D eigenvalue weighted by Gasteiger charge is -1.93. The van der Waals surface area contributed by atoms with E-state index in [4.69, 9.17) is 0 Å². The van der Waals surface area contributed by atoms with Gasteiger partial charge in [-0.1, -0.05) is 34.7 Å². The van der Waals surface area contributed by atoms with Gasteiger partial charge < -0.3 is 0 Å². The van der Waals surface area contributed by atoms with Crippen molar-refractivity contribution in [2.45, 2.75) is 19.9 Å². The Kier molecular flexibility index (Phi) is 3.89. The van der Waals surface area contributed by atoms with Crippen molar-refractivity contribution in [1.82, 2.24) is 9.78 Å². The Bertz CT molecular complexity index is 293. The molecule has 0 spiro atoms. The predicted octanol–water partition coefficient (Wildman–Crippen LogP) is 2.04. The van der Waals surface area contributed by atoms with Crippen LogP contribution >= 0.6 is 15.9 Å². The van der Waals surface area contributed by atoms with Crippen molar-refractivity contribution in [1.29, 1.82) is 0 Å². The monoisotopic (exact) mass is 226 g/mol. The average Bonchev–Trinajstić information content (AvgIpc) is 2.50. The first-order valence-corrected chi connectivity index (χ1v) is 5.06. The zero-order valence-electron chi connectivity index (χ0n) is 7.05. The molecule has 0 aliphatic heterocycles. The zero-order chi connectivity index (χ0) is 8.81. The molecule has 0 amide bonds. The van der Waals surface area contributed by atoms with Crippen LogP contribution in [0.2, 0.25) is 0 Å². The van der Waals surface area contributed by atoms with Crippen molar-refractivity contribution in [3.63, 3.8) is 0 Å². The van der Waals surface area contributed by atoms with E-state index in [9.17, 15) is 0 Å². The van der Waals surface area contributed by atoms with Crippen LogP contribution in [0.1, 0.15) is 18.9 Å². The molecule has 0 unspecified atom stereocenters. The lowest BCUT2D eigenvalue weighted by Crippen LogP contribution is -1.95. The Labute approximate surface area is 81.1 Å². The van der Waals surface area contributed by atoms with E-state index in [2.05, 4.69) is 39.8 Å². The fourth-order valence-corrected chi connectivity index (χ4v) is 1.06. The average molecular weight is 227 g/mol. The van der Waals surface area contributed by atoms with Gasteiger partial charge in [0, 0.05) is 12.7 Å². The van der Waals surface area contributed by atoms with Gasteiger partial charge in [-0.2, -0.15) is 5.10 Å². The standard InChI is InChI=1S/C9H11BrN2/c1-2-6-12-8-9(7-11-12)4-3-5-10/h7-8H,2,5-6H2,1H3. The Morgan fingerprint density at radius 3 is 3.17 bits per heavy atom. The number of nitrogens with zero attached hydrogens (tertiary/aromatic N) is 2. The van der Waals surface area contributed by atoms with E-state index >= 15 is 0 Å². The molecule has 0 atom stereocenters. The maximum atomic E-state index is 4.16. The van der Waals surface area contributed by atoms with Gasteiger partial charge in [0.25, 0.3) is 0 Å². The second-order valence-corrected chi connectivity index (χ2v) is 2.99. The van der Waals surface area contributed by atoms with Gasteiger partial charge in [0.15, 0.2) is 0 Å². The molecule has 0 aliphatic carbocycles. The number of halogens is 1. The van der Waals surface area contributed by atoms with Crippen molar-refractivity contribution >= 4 is 15.9 Å². The molecule has 2 nitrogen and oxygen atoms in total. The van der Waals surface area contributed by atoms with E-state index in [1.54, 1.807) is 6.20 Å². The lowest BCUT2D eigenvalue weighted by molar-refractivity contribution is 0.602. The van der Waals surface area contributed by atoms with Crippen LogP contribution in [0.3, 0.4) is 0 Å². The van der Waals surface area contributed by atoms with E-state index in [1.807, 2.05) is 10.9 Å². The molecule has 0 aromatic carbocycles. The zero-order valence-corrected chi connectivity index (χ0v) is 8.63. The first-order valence-electron chi connectivity index (χ1n) is 3.94. The summed E-state index contributed by atoms with van der Waals surface area (Å²) in [4.78, 5) is 0. The largest absolute Gasteiger partial charge is 0.271 e. The van der Waals surface area contributed by atoms with Gasteiger partial charge in [0.1, 0.15) is 0 Å². The third kappa shape index (κ3) is 2.71. The summed E-state index contributed by atoms with van der Waals surface area (Å²) in [5.41, 5.74) is 0.989. The molecule has 0 fully saturated rings. The molecular formula is C9H11BrN2. The van der Waals surface area contributed by atoms with Gasteiger partial charge in [-0.3, -0.25) is 4.68 Å². The van der Waals surface area contributed by atoms with Crippen LogP contribution in [0, 0.1) is 11.8 Å². The Hall–Kier alpha value is -0.750. The highest BCUT2D eigenvalue weighted by molar-refractivity contribution is 9.09. The number of aromatic nitrogens is 2. The quantitative estimate of drug-likeness (QED) is 0.558. The van der Waals surface area contributed by atoms with E-state index < -0.39 is 0 Å². The molecule has 0 aliphatic rings. The van der Waals surface area contributed by atoms with Gasteiger partial charge >= 0.3 is 0 Å². The van der Waals surface area contributed by atoms with Gasteiger partial charge in [-0.25, -0.2) is 0 Å². The maximum Gasteiger partial charge on any atom is 0.0649 e. The number of hydrogen-bond acceptors (Lipinski definition) is 1. The molecule has 1 aromatic rings. The van der Waals surface area contributed by atoms with E-state index in [0.29, 0.717) is 5.33 Å². The molecule has 0 bridgehead atoms. The highest BCUT2D eigenvalue weighted by Gasteiger charge is 1.92. The Morgan fingerprint density at radius 1 is 1.67 bits per heavy atom. The third-order valence-electron chi connectivity index (χ3n) is 1.39. The normalized spacial score (nSPS) is 9.17. The topological polar surface area (TPSA) is 17.8 Å².